The minimum Gasteiger partial charge on any atom is -0.507 e. The summed E-state index contributed by atoms with van der Waals surface area (Å²) >= 11 is 2.04. The summed E-state index contributed by atoms with van der Waals surface area (Å²) in [6, 6.07) is 8.84. The standard InChI is InChI=1S/C15H13FINO3/c1-2-21-14-6-4-10(8-12(14)16)18-15(20)11-7-9(17)3-5-13(11)19/h3-8,19H,2H2,1H3,(H,18,20). The highest BCUT2D eigenvalue weighted by atomic mass is 127. The van der Waals surface area contributed by atoms with Crippen molar-refractivity contribution >= 4 is 34.2 Å². The molecule has 0 spiro atoms. The summed E-state index contributed by atoms with van der Waals surface area (Å²) in [5, 5.41) is 12.2. The average molecular weight is 401 g/mol. The van der Waals surface area contributed by atoms with Crippen LogP contribution in [-0.4, -0.2) is 17.6 Å². The number of anilines is 1. The van der Waals surface area contributed by atoms with Crippen LogP contribution in [0.15, 0.2) is 36.4 Å². The van der Waals surface area contributed by atoms with Gasteiger partial charge in [0.15, 0.2) is 11.6 Å². The highest BCUT2D eigenvalue weighted by Gasteiger charge is 2.13. The number of rotatable bonds is 4. The number of phenolic OH excluding ortho intramolecular Hbond substituents is 1. The van der Waals surface area contributed by atoms with Gasteiger partial charge in [0.2, 0.25) is 0 Å². The Morgan fingerprint density at radius 1 is 1.33 bits per heavy atom. The quantitative estimate of drug-likeness (QED) is 0.767. The Balaban J connectivity index is 2.19. The van der Waals surface area contributed by atoms with Crippen LogP contribution < -0.4 is 10.1 Å². The van der Waals surface area contributed by atoms with Gasteiger partial charge in [-0.25, -0.2) is 4.39 Å². The van der Waals surface area contributed by atoms with E-state index in [1.165, 1.54) is 24.3 Å². The summed E-state index contributed by atoms with van der Waals surface area (Å²) in [5.74, 6) is -1.05. The number of carbonyl (C=O) groups is 1. The maximum Gasteiger partial charge on any atom is 0.259 e. The molecule has 6 heteroatoms. The zero-order valence-electron chi connectivity index (χ0n) is 11.2. The van der Waals surface area contributed by atoms with Gasteiger partial charge in [0.1, 0.15) is 5.75 Å². The molecule has 0 heterocycles. The van der Waals surface area contributed by atoms with Crippen LogP contribution in [-0.2, 0) is 0 Å². The molecule has 0 unspecified atom stereocenters. The van der Waals surface area contributed by atoms with Crippen molar-refractivity contribution in [3.05, 3.63) is 51.3 Å². The first-order valence-electron chi connectivity index (χ1n) is 6.23. The smallest absolute Gasteiger partial charge is 0.259 e. The van der Waals surface area contributed by atoms with Crippen molar-refractivity contribution in [3.63, 3.8) is 0 Å². The third-order valence-corrected chi connectivity index (χ3v) is 3.36. The van der Waals surface area contributed by atoms with Crippen molar-refractivity contribution in [3.8, 4) is 11.5 Å². The van der Waals surface area contributed by atoms with E-state index >= 15 is 0 Å². The zero-order valence-corrected chi connectivity index (χ0v) is 13.3. The van der Waals surface area contributed by atoms with Crippen LogP contribution in [0.5, 0.6) is 11.5 Å². The number of hydrogen-bond acceptors (Lipinski definition) is 3. The first kappa shape index (κ1) is 15.6. The Kier molecular flexibility index (Phi) is 5.00. The normalized spacial score (nSPS) is 10.2. The van der Waals surface area contributed by atoms with E-state index in [9.17, 15) is 14.3 Å². The van der Waals surface area contributed by atoms with Crippen molar-refractivity contribution in [1.82, 2.24) is 0 Å². The Morgan fingerprint density at radius 3 is 2.76 bits per heavy atom. The Morgan fingerprint density at radius 2 is 2.10 bits per heavy atom. The predicted octanol–water partition coefficient (Wildman–Crippen LogP) is 3.79. The van der Waals surface area contributed by atoms with Crippen LogP contribution in [0.25, 0.3) is 0 Å². The van der Waals surface area contributed by atoms with Gasteiger partial charge in [-0.05, 0) is 59.8 Å². The molecule has 0 bridgehead atoms. The summed E-state index contributed by atoms with van der Waals surface area (Å²) in [6.07, 6.45) is 0. The van der Waals surface area contributed by atoms with E-state index in [1.54, 1.807) is 19.1 Å². The predicted molar refractivity (Wildman–Crippen MR) is 86.3 cm³/mol. The fraction of sp³-hybridized carbons (Fsp3) is 0.133. The Labute approximate surface area is 135 Å². The third kappa shape index (κ3) is 3.84. The SMILES string of the molecule is CCOc1ccc(NC(=O)c2cc(I)ccc2O)cc1F. The number of carbonyl (C=O) groups excluding carboxylic acids is 1. The molecule has 2 aromatic carbocycles. The third-order valence-electron chi connectivity index (χ3n) is 2.69. The van der Waals surface area contributed by atoms with E-state index in [1.807, 2.05) is 22.6 Å². The van der Waals surface area contributed by atoms with E-state index in [0.717, 1.165) is 3.57 Å². The van der Waals surface area contributed by atoms with E-state index in [2.05, 4.69) is 5.32 Å². The molecule has 4 nitrogen and oxygen atoms in total. The minimum atomic E-state index is -0.554. The summed E-state index contributed by atoms with van der Waals surface area (Å²) in [6.45, 7) is 2.12. The summed E-state index contributed by atoms with van der Waals surface area (Å²) in [7, 11) is 0. The lowest BCUT2D eigenvalue weighted by Gasteiger charge is -2.09. The molecule has 2 rings (SSSR count). The van der Waals surface area contributed by atoms with Crippen LogP contribution in [0.2, 0.25) is 0 Å². The molecular formula is C15H13FINO3. The van der Waals surface area contributed by atoms with Gasteiger partial charge in [0.25, 0.3) is 5.91 Å². The summed E-state index contributed by atoms with van der Waals surface area (Å²) < 4.78 is 19.6. The van der Waals surface area contributed by atoms with Crippen LogP contribution in [0.3, 0.4) is 0 Å². The van der Waals surface area contributed by atoms with Gasteiger partial charge in [-0.2, -0.15) is 0 Å². The lowest BCUT2D eigenvalue weighted by molar-refractivity contribution is 0.102. The van der Waals surface area contributed by atoms with Gasteiger partial charge in [-0.3, -0.25) is 4.79 Å². The number of nitrogens with one attached hydrogen (secondary N) is 1. The second-order valence-electron chi connectivity index (χ2n) is 4.19. The summed E-state index contributed by atoms with van der Waals surface area (Å²) in [5.41, 5.74) is 0.426. The highest BCUT2D eigenvalue weighted by Crippen LogP contribution is 2.24. The topological polar surface area (TPSA) is 58.6 Å². The molecule has 0 aliphatic heterocycles. The van der Waals surface area contributed by atoms with Gasteiger partial charge in [-0.15, -0.1) is 0 Å². The van der Waals surface area contributed by atoms with Crippen LogP contribution in [0.4, 0.5) is 10.1 Å². The fourth-order valence-corrected chi connectivity index (χ4v) is 2.23. The molecule has 21 heavy (non-hydrogen) atoms. The molecule has 0 saturated heterocycles. The number of benzene rings is 2. The molecule has 0 aromatic heterocycles. The monoisotopic (exact) mass is 401 g/mol. The molecule has 1 amide bonds. The number of phenols is 1. The van der Waals surface area contributed by atoms with Crippen molar-refractivity contribution in [2.75, 3.05) is 11.9 Å². The van der Waals surface area contributed by atoms with Crippen molar-refractivity contribution in [2.24, 2.45) is 0 Å². The van der Waals surface area contributed by atoms with Gasteiger partial charge in [-0.1, -0.05) is 0 Å². The van der Waals surface area contributed by atoms with Crippen LogP contribution >= 0.6 is 22.6 Å². The molecular weight excluding hydrogens is 388 g/mol. The molecule has 2 N–H and O–H groups in total. The number of halogens is 2. The zero-order chi connectivity index (χ0) is 15.4. The molecule has 110 valence electrons. The van der Waals surface area contributed by atoms with E-state index in [0.29, 0.717) is 12.3 Å². The first-order chi connectivity index (χ1) is 10.0. The van der Waals surface area contributed by atoms with E-state index in [-0.39, 0.29) is 17.1 Å². The fourth-order valence-electron chi connectivity index (χ4n) is 1.74. The van der Waals surface area contributed by atoms with Gasteiger partial charge >= 0.3 is 0 Å². The van der Waals surface area contributed by atoms with Crippen molar-refractivity contribution in [1.29, 1.82) is 0 Å². The molecule has 0 aliphatic carbocycles. The molecule has 2 aromatic rings. The number of ether oxygens (including phenoxy) is 1. The lowest BCUT2D eigenvalue weighted by atomic mass is 10.2. The molecule has 0 fully saturated rings. The number of amides is 1. The molecule has 0 atom stereocenters. The number of aromatic hydroxyl groups is 1. The first-order valence-corrected chi connectivity index (χ1v) is 7.31. The summed E-state index contributed by atoms with van der Waals surface area (Å²) in [4.78, 5) is 12.1. The Hall–Kier alpha value is -1.83. The van der Waals surface area contributed by atoms with Crippen molar-refractivity contribution in [2.45, 2.75) is 6.92 Å². The lowest BCUT2D eigenvalue weighted by Crippen LogP contribution is -2.12. The molecule has 0 saturated carbocycles. The van der Waals surface area contributed by atoms with Gasteiger partial charge in [0, 0.05) is 15.3 Å². The highest BCUT2D eigenvalue weighted by molar-refractivity contribution is 14.1. The number of hydrogen-bond donors (Lipinski definition) is 2. The molecule has 0 aliphatic rings. The van der Waals surface area contributed by atoms with Gasteiger partial charge in [0.05, 0.1) is 12.2 Å². The van der Waals surface area contributed by atoms with Crippen LogP contribution in [0.1, 0.15) is 17.3 Å². The van der Waals surface area contributed by atoms with Crippen molar-refractivity contribution < 1.29 is 19.0 Å². The van der Waals surface area contributed by atoms with Gasteiger partial charge < -0.3 is 15.2 Å². The van der Waals surface area contributed by atoms with Crippen LogP contribution in [0, 0.1) is 9.39 Å². The second kappa shape index (κ2) is 6.75. The maximum atomic E-state index is 13.7. The van der Waals surface area contributed by atoms with E-state index in [4.69, 9.17) is 4.74 Å². The van der Waals surface area contributed by atoms with E-state index < -0.39 is 11.7 Å². The average Bonchev–Trinajstić information content (AvgIpc) is 2.44. The maximum absolute atomic E-state index is 13.7. The minimum absolute atomic E-state index is 0.126. The second-order valence-corrected chi connectivity index (χ2v) is 5.44. The Bertz CT molecular complexity index is 676. The largest absolute Gasteiger partial charge is 0.507 e. The molecule has 0 radical (unpaired) electrons.